The Hall–Kier alpha value is -2.05. The molecule has 3 rings (SSSR count). The van der Waals surface area contributed by atoms with Gasteiger partial charge >= 0.3 is 0 Å². The van der Waals surface area contributed by atoms with Gasteiger partial charge in [-0.15, -0.1) is 11.3 Å². The second-order valence-corrected chi connectivity index (χ2v) is 7.30. The number of hydrogen-bond donors (Lipinski definition) is 1. The van der Waals surface area contributed by atoms with Gasteiger partial charge in [0.2, 0.25) is 5.91 Å². The number of nitrogens with one attached hydrogen (secondary N) is 1. The number of ether oxygens (including phenoxy) is 2. The summed E-state index contributed by atoms with van der Waals surface area (Å²) in [6, 6.07) is 10.00. The van der Waals surface area contributed by atoms with Gasteiger partial charge in [0.05, 0.1) is 19.7 Å². The summed E-state index contributed by atoms with van der Waals surface area (Å²) in [7, 11) is 0. The molecule has 1 amide bonds. The topological polar surface area (TPSA) is 50.8 Å². The molecule has 1 atom stereocenters. The van der Waals surface area contributed by atoms with Crippen LogP contribution in [0.3, 0.4) is 0 Å². The van der Waals surface area contributed by atoms with E-state index in [-0.39, 0.29) is 5.91 Å². The molecule has 0 aliphatic carbocycles. The van der Waals surface area contributed by atoms with Crippen molar-refractivity contribution in [2.24, 2.45) is 0 Å². The Morgan fingerprint density at radius 1 is 1.23 bits per heavy atom. The molecule has 0 bridgehead atoms. The van der Waals surface area contributed by atoms with Crippen LogP contribution < -0.4 is 14.8 Å². The van der Waals surface area contributed by atoms with Gasteiger partial charge in [0.25, 0.3) is 0 Å². The normalized spacial score (nSPS) is 16.8. The van der Waals surface area contributed by atoms with Gasteiger partial charge in [0.1, 0.15) is 18.1 Å². The molecule has 1 N–H and O–H groups in total. The number of thiophene rings is 1. The Balaban J connectivity index is 1.37. The van der Waals surface area contributed by atoms with Gasteiger partial charge in [-0.05, 0) is 61.5 Å². The minimum absolute atomic E-state index is 0.0471. The van der Waals surface area contributed by atoms with E-state index in [1.807, 2.05) is 42.5 Å². The van der Waals surface area contributed by atoms with Crippen molar-refractivity contribution < 1.29 is 14.3 Å². The number of hydrogen-bond acceptors (Lipinski definition) is 5. The van der Waals surface area contributed by atoms with Crippen LogP contribution in [0, 0.1) is 0 Å². The first-order valence-corrected chi connectivity index (χ1v) is 9.98. The van der Waals surface area contributed by atoms with E-state index in [1.165, 1.54) is 10.4 Å². The Bertz CT molecular complexity index is 714. The Kier molecular flexibility index (Phi) is 6.52. The lowest BCUT2D eigenvalue weighted by Crippen LogP contribution is -2.42. The van der Waals surface area contributed by atoms with Gasteiger partial charge in [0.15, 0.2) is 0 Å². The van der Waals surface area contributed by atoms with Crippen LogP contribution in [-0.4, -0.2) is 43.7 Å². The summed E-state index contributed by atoms with van der Waals surface area (Å²) in [6.45, 7) is 7.09. The molecule has 0 fully saturated rings. The van der Waals surface area contributed by atoms with Gasteiger partial charge in [-0.2, -0.15) is 0 Å². The summed E-state index contributed by atoms with van der Waals surface area (Å²) in [6.07, 6.45) is 1.03. The van der Waals surface area contributed by atoms with Crippen LogP contribution in [0.1, 0.15) is 30.3 Å². The molecule has 140 valence electrons. The average Bonchev–Trinajstić information content (AvgIpc) is 3.12. The lowest BCUT2D eigenvalue weighted by Gasteiger charge is -2.32. The van der Waals surface area contributed by atoms with Crippen molar-refractivity contribution in [1.29, 1.82) is 0 Å². The van der Waals surface area contributed by atoms with E-state index >= 15 is 0 Å². The standard InChI is InChI=1S/C20H26N2O3S/c1-3-24-16-4-6-17(7-5-16)25-12-10-21-20(23)14-22-11-8-19-18(15(22)2)9-13-26-19/h4-7,9,13,15H,3,8,10-12,14H2,1-2H3,(H,21,23)/t15-/m0/s1. The van der Waals surface area contributed by atoms with E-state index in [4.69, 9.17) is 9.47 Å². The lowest BCUT2D eigenvalue weighted by atomic mass is 10.0. The minimum Gasteiger partial charge on any atom is -0.494 e. The second kappa shape index (κ2) is 9.05. The maximum Gasteiger partial charge on any atom is 0.234 e. The third-order valence-electron chi connectivity index (χ3n) is 4.58. The number of carbonyl (C=O) groups is 1. The molecule has 0 saturated carbocycles. The van der Waals surface area contributed by atoms with Crippen LogP contribution in [0.25, 0.3) is 0 Å². The predicted octanol–water partition coefficient (Wildman–Crippen LogP) is 3.26. The number of rotatable bonds is 8. The highest BCUT2D eigenvalue weighted by molar-refractivity contribution is 7.10. The summed E-state index contributed by atoms with van der Waals surface area (Å²) < 4.78 is 11.1. The van der Waals surface area contributed by atoms with E-state index in [9.17, 15) is 4.79 Å². The second-order valence-electron chi connectivity index (χ2n) is 6.30. The summed E-state index contributed by atoms with van der Waals surface area (Å²) in [5.41, 5.74) is 1.37. The Labute approximate surface area is 158 Å². The van der Waals surface area contributed by atoms with Gasteiger partial charge < -0.3 is 14.8 Å². The first-order valence-electron chi connectivity index (χ1n) is 9.10. The quantitative estimate of drug-likeness (QED) is 0.721. The molecule has 0 spiro atoms. The average molecular weight is 375 g/mol. The zero-order chi connectivity index (χ0) is 18.4. The number of benzene rings is 1. The summed E-state index contributed by atoms with van der Waals surface area (Å²) in [4.78, 5) is 15.9. The molecule has 5 nitrogen and oxygen atoms in total. The molecule has 2 aromatic rings. The molecule has 0 unspecified atom stereocenters. The molecule has 1 aliphatic rings. The lowest BCUT2D eigenvalue weighted by molar-refractivity contribution is -0.123. The number of carbonyl (C=O) groups excluding carboxylic acids is 1. The molecule has 1 aromatic carbocycles. The molecule has 0 radical (unpaired) electrons. The molecule has 2 heterocycles. The van der Waals surface area contributed by atoms with Crippen molar-refractivity contribution in [1.82, 2.24) is 10.2 Å². The van der Waals surface area contributed by atoms with Crippen molar-refractivity contribution in [2.45, 2.75) is 26.3 Å². The SMILES string of the molecule is CCOc1ccc(OCCNC(=O)CN2CCc3sccc3[C@@H]2C)cc1. The minimum atomic E-state index is 0.0471. The van der Waals surface area contributed by atoms with E-state index in [0.717, 1.165) is 24.5 Å². The van der Waals surface area contributed by atoms with Gasteiger partial charge in [-0.1, -0.05) is 0 Å². The van der Waals surface area contributed by atoms with Gasteiger partial charge in [0, 0.05) is 17.5 Å². The van der Waals surface area contributed by atoms with Gasteiger partial charge in [-0.25, -0.2) is 0 Å². The maximum atomic E-state index is 12.2. The van der Waals surface area contributed by atoms with Crippen molar-refractivity contribution in [3.8, 4) is 11.5 Å². The molecule has 0 saturated heterocycles. The molecular weight excluding hydrogens is 348 g/mol. The van der Waals surface area contributed by atoms with Crippen LogP contribution >= 0.6 is 11.3 Å². The van der Waals surface area contributed by atoms with Crippen molar-refractivity contribution >= 4 is 17.2 Å². The molecular formula is C20H26N2O3S. The van der Waals surface area contributed by atoms with Crippen LogP contribution in [0.5, 0.6) is 11.5 Å². The van der Waals surface area contributed by atoms with Crippen molar-refractivity contribution in [3.05, 3.63) is 46.2 Å². The Morgan fingerprint density at radius 3 is 2.69 bits per heavy atom. The zero-order valence-corrected chi connectivity index (χ0v) is 16.2. The zero-order valence-electron chi connectivity index (χ0n) is 15.4. The number of amides is 1. The highest BCUT2D eigenvalue weighted by atomic mass is 32.1. The van der Waals surface area contributed by atoms with Crippen molar-refractivity contribution in [3.63, 3.8) is 0 Å². The maximum absolute atomic E-state index is 12.2. The molecule has 6 heteroatoms. The van der Waals surface area contributed by atoms with E-state index in [2.05, 4.69) is 28.6 Å². The number of nitrogens with zero attached hydrogens (tertiary/aromatic N) is 1. The summed E-state index contributed by atoms with van der Waals surface area (Å²) >= 11 is 1.82. The molecule has 26 heavy (non-hydrogen) atoms. The van der Waals surface area contributed by atoms with E-state index in [1.54, 1.807) is 0 Å². The fourth-order valence-electron chi connectivity index (χ4n) is 3.18. The highest BCUT2D eigenvalue weighted by Crippen LogP contribution is 2.32. The van der Waals surface area contributed by atoms with Crippen LogP contribution in [0.15, 0.2) is 35.7 Å². The van der Waals surface area contributed by atoms with Crippen molar-refractivity contribution in [2.75, 3.05) is 32.8 Å². The Morgan fingerprint density at radius 2 is 1.96 bits per heavy atom. The largest absolute Gasteiger partial charge is 0.494 e. The molecule has 1 aliphatic heterocycles. The summed E-state index contributed by atoms with van der Waals surface area (Å²) in [5.74, 6) is 1.65. The van der Waals surface area contributed by atoms with Crippen LogP contribution in [-0.2, 0) is 11.2 Å². The van der Waals surface area contributed by atoms with E-state index < -0.39 is 0 Å². The molecule has 1 aromatic heterocycles. The fourth-order valence-corrected chi connectivity index (χ4v) is 4.14. The van der Waals surface area contributed by atoms with Crippen LogP contribution in [0.4, 0.5) is 0 Å². The first kappa shape index (κ1) is 18.7. The summed E-state index contributed by atoms with van der Waals surface area (Å²) in [5, 5.41) is 5.08. The predicted molar refractivity (Wildman–Crippen MR) is 104 cm³/mol. The van der Waals surface area contributed by atoms with Crippen LogP contribution in [0.2, 0.25) is 0 Å². The third-order valence-corrected chi connectivity index (χ3v) is 5.57. The fraction of sp³-hybridized carbons (Fsp3) is 0.450. The van der Waals surface area contributed by atoms with E-state index in [0.29, 0.717) is 32.3 Å². The first-order chi connectivity index (χ1) is 12.7. The third kappa shape index (κ3) is 4.77. The smallest absolute Gasteiger partial charge is 0.234 e. The van der Waals surface area contributed by atoms with Gasteiger partial charge in [-0.3, -0.25) is 9.69 Å². The number of fused-ring (bicyclic) bond motifs is 1. The monoisotopic (exact) mass is 374 g/mol. The highest BCUT2D eigenvalue weighted by Gasteiger charge is 2.25.